The summed E-state index contributed by atoms with van der Waals surface area (Å²) in [7, 11) is 3.21. The average molecular weight is 242 g/mol. The van der Waals surface area contributed by atoms with E-state index in [9.17, 15) is 0 Å². The number of rotatable bonds is 3. The Morgan fingerprint density at radius 2 is 1.89 bits per heavy atom. The van der Waals surface area contributed by atoms with E-state index in [0.29, 0.717) is 23.0 Å². The normalized spacial score (nSPS) is 16.0. The number of nitrogens with zero attached hydrogens (tertiary/aromatic N) is 4. The van der Waals surface area contributed by atoms with Crippen molar-refractivity contribution in [2.24, 2.45) is 20.2 Å². The summed E-state index contributed by atoms with van der Waals surface area (Å²) in [5.41, 5.74) is 2.17. The van der Waals surface area contributed by atoms with Gasteiger partial charge in [-0.25, -0.2) is 9.98 Å². The zero-order valence-electron chi connectivity index (χ0n) is 9.91. The monoisotopic (exact) mass is 242 g/mol. The molecule has 0 bridgehead atoms. The molecule has 0 saturated heterocycles. The molecule has 0 fully saturated rings. The number of azo groups is 1. The van der Waals surface area contributed by atoms with Crippen LogP contribution in [0.25, 0.3) is 5.70 Å². The molecule has 0 unspecified atom stereocenters. The SMILES string of the molecule is COc1ccc(C2=C3N=CN=C3N=N2)c(OC)c1. The number of hydrogen-bond donors (Lipinski definition) is 0. The highest BCUT2D eigenvalue weighted by atomic mass is 16.5. The lowest BCUT2D eigenvalue weighted by atomic mass is 10.1. The Morgan fingerprint density at radius 1 is 1.00 bits per heavy atom. The van der Waals surface area contributed by atoms with Crippen LogP contribution in [0.1, 0.15) is 5.56 Å². The molecular formula is C12H10N4O2. The first kappa shape index (κ1) is 10.6. The number of aliphatic imine (C=N–C) groups is 2. The standard InChI is InChI=1S/C12H10N4O2/c1-17-7-3-4-8(9(5-7)18-2)10-11-12(16-15-10)14-6-13-11/h3-6H,1-2H3. The van der Waals surface area contributed by atoms with Crippen LogP contribution >= 0.6 is 0 Å². The molecule has 2 aliphatic rings. The molecule has 18 heavy (non-hydrogen) atoms. The Labute approximate surface area is 103 Å². The van der Waals surface area contributed by atoms with Gasteiger partial charge in [0.05, 0.1) is 14.2 Å². The number of benzene rings is 1. The molecule has 0 aliphatic carbocycles. The van der Waals surface area contributed by atoms with Crippen molar-refractivity contribution < 1.29 is 9.47 Å². The van der Waals surface area contributed by atoms with Crippen LogP contribution < -0.4 is 9.47 Å². The molecule has 0 radical (unpaired) electrons. The average Bonchev–Trinajstić information content (AvgIpc) is 3.00. The first-order valence-electron chi connectivity index (χ1n) is 5.32. The third-order valence-corrected chi connectivity index (χ3v) is 2.71. The second-order valence-electron chi connectivity index (χ2n) is 3.66. The first-order chi connectivity index (χ1) is 8.83. The van der Waals surface area contributed by atoms with Gasteiger partial charge < -0.3 is 9.47 Å². The molecule has 6 heteroatoms. The molecule has 1 aromatic carbocycles. The molecule has 6 nitrogen and oxygen atoms in total. The Bertz CT molecular complexity index is 629. The van der Waals surface area contributed by atoms with Gasteiger partial charge in [-0.2, -0.15) is 0 Å². The second kappa shape index (κ2) is 4.06. The van der Waals surface area contributed by atoms with Crippen molar-refractivity contribution in [3.05, 3.63) is 29.5 Å². The van der Waals surface area contributed by atoms with E-state index in [4.69, 9.17) is 9.47 Å². The fourth-order valence-electron chi connectivity index (χ4n) is 1.82. The molecule has 0 saturated carbocycles. The van der Waals surface area contributed by atoms with Gasteiger partial charge in [0, 0.05) is 11.6 Å². The summed E-state index contributed by atoms with van der Waals surface area (Å²) in [6.07, 6.45) is 1.47. The molecular weight excluding hydrogens is 232 g/mol. The van der Waals surface area contributed by atoms with Gasteiger partial charge in [-0.1, -0.05) is 0 Å². The highest BCUT2D eigenvalue weighted by molar-refractivity contribution is 6.13. The van der Waals surface area contributed by atoms with Gasteiger partial charge in [0.2, 0.25) is 5.84 Å². The van der Waals surface area contributed by atoms with Crippen molar-refractivity contribution in [3.63, 3.8) is 0 Å². The fraction of sp³-hybridized carbons (Fsp3) is 0.167. The van der Waals surface area contributed by atoms with Gasteiger partial charge in [-0.05, 0) is 12.1 Å². The number of methoxy groups -OCH3 is 2. The lowest BCUT2D eigenvalue weighted by molar-refractivity contribution is 0.393. The summed E-state index contributed by atoms with van der Waals surface area (Å²) in [6, 6.07) is 5.51. The lowest BCUT2D eigenvalue weighted by Gasteiger charge is -2.09. The van der Waals surface area contributed by atoms with Crippen molar-refractivity contribution in [1.82, 2.24) is 0 Å². The van der Waals surface area contributed by atoms with E-state index in [0.717, 1.165) is 11.3 Å². The van der Waals surface area contributed by atoms with E-state index in [1.54, 1.807) is 20.3 Å². The number of ether oxygens (including phenoxy) is 2. The van der Waals surface area contributed by atoms with Crippen LogP contribution in [0.4, 0.5) is 0 Å². The first-order valence-corrected chi connectivity index (χ1v) is 5.32. The predicted octanol–water partition coefficient (Wildman–Crippen LogP) is 2.28. The van der Waals surface area contributed by atoms with E-state index >= 15 is 0 Å². The summed E-state index contributed by atoms with van der Waals surface area (Å²) in [4.78, 5) is 8.15. The minimum atomic E-state index is 0.544. The van der Waals surface area contributed by atoms with Crippen LogP contribution in [0.15, 0.2) is 44.1 Å². The van der Waals surface area contributed by atoms with Crippen molar-refractivity contribution in [2.75, 3.05) is 14.2 Å². The molecule has 2 aliphatic heterocycles. The highest BCUT2D eigenvalue weighted by Gasteiger charge is 2.25. The van der Waals surface area contributed by atoms with Crippen LogP contribution in [0.3, 0.4) is 0 Å². The Morgan fingerprint density at radius 3 is 2.67 bits per heavy atom. The van der Waals surface area contributed by atoms with Gasteiger partial charge in [0.15, 0.2) is 0 Å². The minimum absolute atomic E-state index is 0.544. The van der Waals surface area contributed by atoms with E-state index in [1.165, 1.54) is 6.34 Å². The van der Waals surface area contributed by atoms with Gasteiger partial charge in [0.25, 0.3) is 0 Å². The summed E-state index contributed by atoms with van der Waals surface area (Å²) >= 11 is 0. The van der Waals surface area contributed by atoms with E-state index in [-0.39, 0.29) is 0 Å². The highest BCUT2D eigenvalue weighted by Crippen LogP contribution is 2.36. The molecule has 0 N–H and O–H groups in total. The summed E-state index contributed by atoms with van der Waals surface area (Å²) in [5.74, 6) is 1.93. The van der Waals surface area contributed by atoms with Gasteiger partial charge in [-0.3, -0.25) is 0 Å². The van der Waals surface area contributed by atoms with Crippen molar-refractivity contribution >= 4 is 17.9 Å². The maximum atomic E-state index is 5.34. The molecule has 0 spiro atoms. The van der Waals surface area contributed by atoms with Gasteiger partial charge in [0.1, 0.15) is 29.2 Å². The molecule has 2 heterocycles. The number of amidine groups is 1. The van der Waals surface area contributed by atoms with Crippen LogP contribution in [-0.2, 0) is 0 Å². The quantitative estimate of drug-likeness (QED) is 0.815. The zero-order valence-corrected chi connectivity index (χ0v) is 9.91. The van der Waals surface area contributed by atoms with E-state index in [2.05, 4.69) is 20.2 Å². The maximum Gasteiger partial charge on any atom is 0.204 e. The Kier molecular flexibility index (Phi) is 2.40. The number of hydrogen-bond acceptors (Lipinski definition) is 6. The number of fused-ring (bicyclic) bond motifs is 1. The lowest BCUT2D eigenvalue weighted by Crippen LogP contribution is -1.94. The fourth-order valence-corrected chi connectivity index (χ4v) is 1.82. The van der Waals surface area contributed by atoms with Crippen molar-refractivity contribution in [3.8, 4) is 11.5 Å². The van der Waals surface area contributed by atoms with Crippen LogP contribution in [0.2, 0.25) is 0 Å². The smallest absolute Gasteiger partial charge is 0.204 e. The topological polar surface area (TPSA) is 67.9 Å². The van der Waals surface area contributed by atoms with E-state index < -0.39 is 0 Å². The summed E-state index contributed by atoms with van der Waals surface area (Å²) in [5, 5.41) is 8.06. The molecule has 0 amide bonds. The van der Waals surface area contributed by atoms with Crippen molar-refractivity contribution in [1.29, 1.82) is 0 Å². The van der Waals surface area contributed by atoms with Gasteiger partial charge >= 0.3 is 0 Å². The third kappa shape index (κ3) is 1.50. The molecule has 0 aromatic heterocycles. The van der Waals surface area contributed by atoms with Crippen molar-refractivity contribution in [2.45, 2.75) is 0 Å². The molecule has 0 atom stereocenters. The maximum absolute atomic E-state index is 5.34. The van der Waals surface area contributed by atoms with E-state index in [1.807, 2.05) is 12.1 Å². The summed E-state index contributed by atoms with van der Waals surface area (Å²) < 4.78 is 10.5. The Balaban J connectivity index is 2.13. The largest absolute Gasteiger partial charge is 0.497 e. The third-order valence-electron chi connectivity index (χ3n) is 2.71. The van der Waals surface area contributed by atoms with Crippen LogP contribution in [0, 0.1) is 0 Å². The van der Waals surface area contributed by atoms with Crippen LogP contribution in [0.5, 0.6) is 11.5 Å². The Hall–Kier alpha value is -2.50. The van der Waals surface area contributed by atoms with Crippen LogP contribution in [-0.4, -0.2) is 26.4 Å². The second-order valence-corrected chi connectivity index (χ2v) is 3.66. The predicted molar refractivity (Wildman–Crippen MR) is 67.2 cm³/mol. The summed E-state index contributed by atoms with van der Waals surface area (Å²) in [6.45, 7) is 0. The minimum Gasteiger partial charge on any atom is -0.497 e. The zero-order chi connectivity index (χ0) is 12.5. The molecule has 1 aromatic rings. The van der Waals surface area contributed by atoms with Gasteiger partial charge in [-0.15, -0.1) is 10.2 Å². The molecule has 90 valence electrons. The molecule has 3 rings (SSSR count).